The summed E-state index contributed by atoms with van der Waals surface area (Å²) in [7, 11) is 4.56. The first-order chi connectivity index (χ1) is 12.5. The van der Waals surface area contributed by atoms with Gasteiger partial charge in [-0.2, -0.15) is 0 Å². The van der Waals surface area contributed by atoms with E-state index in [4.69, 9.17) is 18.9 Å². The standard InChI is InChI=1S/C20H22O6/c1-5-6-13-10-20(25-4)11-14(17(18(13)21)19(22)26-20)12-7-8-15(23-2)16(9-12)24-3/h5,7-10,14,17H,1,6,11H2,2-4H3/t14-,17+,20+/m0/s1. The molecule has 0 spiro atoms. The number of benzene rings is 1. The molecule has 0 amide bonds. The highest BCUT2D eigenvalue weighted by Gasteiger charge is 2.53. The molecule has 2 bridgehead atoms. The number of carbonyl (C=O) groups excluding carboxylic acids is 2. The highest BCUT2D eigenvalue weighted by molar-refractivity contribution is 6.10. The first-order valence-corrected chi connectivity index (χ1v) is 8.35. The minimum absolute atomic E-state index is 0.244. The molecular weight excluding hydrogens is 336 g/mol. The predicted molar refractivity (Wildman–Crippen MR) is 94.1 cm³/mol. The van der Waals surface area contributed by atoms with Gasteiger partial charge in [-0.25, -0.2) is 0 Å². The zero-order valence-corrected chi connectivity index (χ0v) is 15.1. The summed E-state index contributed by atoms with van der Waals surface area (Å²) < 4.78 is 21.7. The molecular formula is C20H22O6. The van der Waals surface area contributed by atoms with E-state index in [1.165, 1.54) is 7.11 Å². The van der Waals surface area contributed by atoms with E-state index in [-0.39, 0.29) is 11.7 Å². The summed E-state index contributed by atoms with van der Waals surface area (Å²) in [5.74, 6) is -2.25. The van der Waals surface area contributed by atoms with Gasteiger partial charge in [-0.05, 0) is 30.2 Å². The van der Waals surface area contributed by atoms with Crippen LogP contribution in [0.15, 0.2) is 42.5 Å². The van der Waals surface area contributed by atoms with Gasteiger partial charge in [0.1, 0.15) is 5.92 Å². The van der Waals surface area contributed by atoms with Crippen LogP contribution in [0.4, 0.5) is 0 Å². The van der Waals surface area contributed by atoms with Gasteiger partial charge < -0.3 is 18.9 Å². The fourth-order valence-corrected chi connectivity index (χ4v) is 3.67. The SMILES string of the molecule is C=CCC1=C[C@]2(OC)C[C@@H](c3ccc(OC)c(OC)c3)[C@@H](C(=O)O2)C1=O. The third kappa shape index (κ3) is 2.90. The first-order valence-electron chi connectivity index (χ1n) is 8.35. The second-order valence-corrected chi connectivity index (χ2v) is 6.37. The number of hydrogen-bond donors (Lipinski definition) is 0. The minimum atomic E-state index is -1.25. The number of carbonyl (C=O) groups is 2. The van der Waals surface area contributed by atoms with Gasteiger partial charge >= 0.3 is 5.97 Å². The highest BCUT2D eigenvalue weighted by Crippen LogP contribution is 2.47. The maximum atomic E-state index is 13.0. The largest absolute Gasteiger partial charge is 0.493 e. The van der Waals surface area contributed by atoms with E-state index in [1.807, 2.05) is 6.07 Å². The third-order valence-corrected chi connectivity index (χ3v) is 4.97. The number of hydrogen-bond acceptors (Lipinski definition) is 6. The Bertz CT molecular complexity index is 781. The molecule has 0 saturated carbocycles. The van der Waals surface area contributed by atoms with Crippen LogP contribution in [0.5, 0.6) is 11.5 Å². The molecule has 1 saturated heterocycles. The van der Waals surface area contributed by atoms with Crippen LogP contribution in [0.25, 0.3) is 0 Å². The van der Waals surface area contributed by atoms with Gasteiger partial charge in [-0.3, -0.25) is 9.59 Å². The van der Waals surface area contributed by atoms with E-state index in [0.717, 1.165) is 5.56 Å². The van der Waals surface area contributed by atoms with E-state index < -0.39 is 17.7 Å². The number of allylic oxidation sites excluding steroid dienone is 2. The van der Waals surface area contributed by atoms with E-state index in [9.17, 15) is 9.59 Å². The summed E-state index contributed by atoms with van der Waals surface area (Å²) in [6.07, 6.45) is 3.96. The second-order valence-electron chi connectivity index (χ2n) is 6.37. The quantitative estimate of drug-likeness (QED) is 0.442. The Morgan fingerprint density at radius 2 is 1.96 bits per heavy atom. The fraction of sp³-hybridized carbons (Fsp3) is 0.400. The Morgan fingerprint density at radius 1 is 1.23 bits per heavy atom. The van der Waals surface area contributed by atoms with Crippen LogP contribution in [0.2, 0.25) is 0 Å². The van der Waals surface area contributed by atoms with E-state index >= 15 is 0 Å². The number of rotatable bonds is 6. The Kier molecular flexibility index (Phi) is 4.87. The molecule has 1 aromatic carbocycles. The molecule has 1 aliphatic carbocycles. The molecule has 0 N–H and O–H groups in total. The monoisotopic (exact) mass is 358 g/mol. The van der Waals surface area contributed by atoms with Crippen LogP contribution >= 0.6 is 0 Å². The van der Waals surface area contributed by atoms with Gasteiger partial charge in [0.2, 0.25) is 5.79 Å². The molecule has 2 heterocycles. The molecule has 1 aromatic rings. The number of ketones is 1. The molecule has 0 aromatic heterocycles. The maximum Gasteiger partial charge on any atom is 0.320 e. The van der Waals surface area contributed by atoms with Crippen LogP contribution in [0.3, 0.4) is 0 Å². The number of ether oxygens (including phenoxy) is 4. The molecule has 2 aliphatic heterocycles. The molecule has 0 unspecified atom stereocenters. The average Bonchev–Trinajstić information content (AvgIpc) is 2.83. The van der Waals surface area contributed by atoms with Crippen molar-refractivity contribution >= 4 is 11.8 Å². The van der Waals surface area contributed by atoms with Gasteiger partial charge in [0, 0.05) is 25.0 Å². The molecule has 3 atom stereocenters. The lowest BCUT2D eigenvalue weighted by atomic mass is 9.78. The summed E-state index contributed by atoms with van der Waals surface area (Å²) in [4.78, 5) is 25.6. The Hall–Kier alpha value is -2.60. The zero-order chi connectivity index (χ0) is 18.9. The van der Waals surface area contributed by atoms with Crippen molar-refractivity contribution in [2.75, 3.05) is 21.3 Å². The van der Waals surface area contributed by atoms with Gasteiger partial charge in [-0.15, -0.1) is 6.58 Å². The van der Waals surface area contributed by atoms with Gasteiger partial charge in [0.15, 0.2) is 17.3 Å². The van der Waals surface area contributed by atoms with Crippen molar-refractivity contribution < 1.29 is 28.5 Å². The normalized spacial score (nSPS) is 27.4. The van der Waals surface area contributed by atoms with Crippen LogP contribution in [0, 0.1) is 5.92 Å². The van der Waals surface area contributed by atoms with Crippen molar-refractivity contribution in [3.8, 4) is 11.5 Å². The number of methoxy groups -OCH3 is 3. The van der Waals surface area contributed by atoms with Crippen LogP contribution in [-0.4, -0.2) is 38.9 Å². The molecule has 6 nitrogen and oxygen atoms in total. The summed E-state index contributed by atoms with van der Waals surface area (Å²) in [6, 6.07) is 5.39. The third-order valence-electron chi connectivity index (χ3n) is 4.97. The molecule has 26 heavy (non-hydrogen) atoms. The Balaban J connectivity index is 2.09. The molecule has 4 rings (SSSR count). The zero-order valence-electron chi connectivity index (χ0n) is 15.1. The molecule has 138 valence electrons. The van der Waals surface area contributed by atoms with Gasteiger partial charge in [-0.1, -0.05) is 12.1 Å². The van der Waals surface area contributed by atoms with Crippen LogP contribution in [0.1, 0.15) is 24.3 Å². The van der Waals surface area contributed by atoms with E-state index in [0.29, 0.717) is 29.9 Å². The number of fused-ring (bicyclic) bond motifs is 3. The Morgan fingerprint density at radius 3 is 2.58 bits per heavy atom. The maximum absolute atomic E-state index is 13.0. The summed E-state index contributed by atoms with van der Waals surface area (Å²) >= 11 is 0. The molecule has 3 aliphatic rings. The summed E-state index contributed by atoms with van der Waals surface area (Å²) in [5.41, 5.74) is 1.29. The van der Waals surface area contributed by atoms with Crippen molar-refractivity contribution in [3.63, 3.8) is 0 Å². The lowest BCUT2D eigenvalue weighted by Crippen LogP contribution is -2.46. The first kappa shape index (κ1) is 18.2. The number of esters is 1. The molecule has 6 heteroatoms. The summed E-state index contributed by atoms with van der Waals surface area (Å²) in [6.45, 7) is 3.69. The predicted octanol–water partition coefficient (Wildman–Crippen LogP) is 2.78. The fourth-order valence-electron chi connectivity index (χ4n) is 3.67. The van der Waals surface area contributed by atoms with Crippen molar-refractivity contribution in [2.45, 2.75) is 24.5 Å². The van der Waals surface area contributed by atoms with E-state index in [1.54, 1.807) is 38.5 Å². The molecule has 0 radical (unpaired) electrons. The lowest BCUT2D eigenvalue weighted by Gasteiger charge is -2.38. The lowest BCUT2D eigenvalue weighted by molar-refractivity contribution is -0.220. The molecule has 1 fully saturated rings. The van der Waals surface area contributed by atoms with Crippen molar-refractivity contribution in [1.82, 2.24) is 0 Å². The van der Waals surface area contributed by atoms with Gasteiger partial charge in [0.25, 0.3) is 0 Å². The smallest absolute Gasteiger partial charge is 0.320 e. The van der Waals surface area contributed by atoms with Gasteiger partial charge in [0.05, 0.1) is 14.2 Å². The highest BCUT2D eigenvalue weighted by atomic mass is 16.7. The van der Waals surface area contributed by atoms with Crippen LogP contribution in [-0.2, 0) is 19.1 Å². The summed E-state index contributed by atoms with van der Waals surface area (Å²) in [5, 5.41) is 0. The van der Waals surface area contributed by atoms with Crippen LogP contribution < -0.4 is 9.47 Å². The topological polar surface area (TPSA) is 71.1 Å². The van der Waals surface area contributed by atoms with Crippen molar-refractivity contribution in [3.05, 3.63) is 48.1 Å². The van der Waals surface area contributed by atoms with Crippen molar-refractivity contribution in [2.24, 2.45) is 5.92 Å². The van der Waals surface area contributed by atoms with Crippen molar-refractivity contribution in [1.29, 1.82) is 0 Å². The second kappa shape index (κ2) is 6.96. The average molecular weight is 358 g/mol. The Labute approximate surface area is 152 Å². The van der Waals surface area contributed by atoms with E-state index in [2.05, 4.69) is 6.58 Å². The minimum Gasteiger partial charge on any atom is -0.493 e. The number of Topliss-reactive ketones (excluding diaryl/α,β-unsaturated/α-hetero) is 1.